The number of aromatic nitrogens is 1. The number of ether oxygens (including phenoxy) is 1. The lowest BCUT2D eigenvalue weighted by Gasteiger charge is -2.30. The summed E-state index contributed by atoms with van der Waals surface area (Å²) in [6.45, 7) is 26.9. The highest BCUT2D eigenvalue weighted by Gasteiger charge is 2.24. The SMILES string of the molecule is C=C(CC(CC(C)CCc1c(-c2ccc(F)cc2)c(C(=C)C)cn1C(C)C)OC(C)(C)C)NCCCC. The monoisotopic (exact) mass is 510 g/mol. The fourth-order valence-corrected chi connectivity index (χ4v) is 4.95. The maximum Gasteiger partial charge on any atom is 0.123 e. The lowest BCUT2D eigenvalue weighted by molar-refractivity contribution is -0.0682. The molecule has 37 heavy (non-hydrogen) atoms. The Balaban J connectivity index is 2.24. The molecular formula is C33H51FN2O. The van der Waals surface area contributed by atoms with Crippen LogP contribution >= 0.6 is 0 Å². The van der Waals surface area contributed by atoms with E-state index in [4.69, 9.17) is 4.74 Å². The van der Waals surface area contributed by atoms with Gasteiger partial charge in [0.05, 0.1) is 11.7 Å². The van der Waals surface area contributed by atoms with Gasteiger partial charge in [-0.2, -0.15) is 0 Å². The van der Waals surface area contributed by atoms with Crippen molar-refractivity contribution in [2.75, 3.05) is 6.54 Å². The second-order valence-corrected chi connectivity index (χ2v) is 12.0. The average molecular weight is 511 g/mol. The Morgan fingerprint density at radius 2 is 1.76 bits per heavy atom. The number of halogens is 1. The van der Waals surface area contributed by atoms with E-state index in [2.05, 4.69) is 84.6 Å². The Morgan fingerprint density at radius 1 is 1.11 bits per heavy atom. The summed E-state index contributed by atoms with van der Waals surface area (Å²) < 4.78 is 22.6. The molecule has 1 aromatic carbocycles. The fraction of sp³-hybridized carbons (Fsp3) is 0.576. The van der Waals surface area contributed by atoms with Crippen LogP contribution in [0.25, 0.3) is 16.7 Å². The zero-order chi connectivity index (χ0) is 27.8. The van der Waals surface area contributed by atoms with Crippen molar-refractivity contribution in [1.82, 2.24) is 9.88 Å². The van der Waals surface area contributed by atoms with E-state index in [1.54, 1.807) is 12.1 Å². The first-order valence-electron chi connectivity index (χ1n) is 14.1. The molecule has 206 valence electrons. The van der Waals surface area contributed by atoms with Crippen LogP contribution in [0.3, 0.4) is 0 Å². The van der Waals surface area contributed by atoms with Crippen molar-refractivity contribution in [3.63, 3.8) is 0 Å². The Bertz CT molecular complexity index is 1010. The number of benzene rings is 1. The highest BCUT2D eigenvalue weighted by atomic mass is 19.1. The summed E-state index contributed by atoms with van der Waals surface area (Å²) in [7, 11) is 0. The van der Waals surface area contributed by atoms with Gasteiger partial charge in [0.25, 0.3) is 0 Å². The highest BCUT2D eigenvalue weighted by molar-refractivity contribution is 5.82. The molecule has 2 atom stereocenters. The van der Waals surface area contributed by atoms with Crippen LogP contribution in [0.4, 0.5) is 4.39 Å². The van der Waals surface area contributed by atoms with E-state index in [0.717, 1.165) is 61.0 Å². The molecule has 1 aromatic heterocycles. The van der Waals surface area contributed by atoms with E-state index >= 15 is 0 Å². The molecule has 0 bridgehead atoms. The number of rotatable bonds is 15. The largest absolute Gasteiger partial charge is 0.389 e. The van der Waals surface area contributed by atoms with E-state index < -0.39 is 0 Å². The molecule has 1 N–H and O–H groups in total. The molecule has 0 aliphatic heterocycles. The van der Waals surface area contributed by atoms with Gasteiger partial charge in [0, 0.05) is 47.7 Å². The van der Waals surface area contributed by atoms with Gasteiger partial charge in [-0.3, -0.25) is 0 Å². The summed E-state index contributed by atoms with van der Waals surface area (Å²) >= 11 is 0. The van der Waals surface area contributed by atoms with Gasteiger partial charge in [-0.15, -0.1) is 0 Å². The Labute approximate surface area is 226 Å². The molecule has 3 nitrogen and oxygen atoms in total. The zero-order valence-corrected chi connectivity index (χ0v) is 24.7. The Hall–Kier alpha value is -2.33. The summed E-state index contributed by atoms with van der Waals surface area (Å²) in [5.74, 6) is 0.260. The first kappa shape index (κ1) is 30.9. The van der Waals surface area contributed by atoms with Crippen LogP contribution in [0.2, 0.25) is 0 Å². The number of hydrogen-bond donors (Lipinski definition) is 1. The third-order valence-corrected chi connectivity index (χ3v) is 6.73. The van der Waals surface area contributed by atoms with Crippen molar-refractivity contribution < 1.29 is 9.13 Å². The van der Waals surface area contributed by atoms with Gasteiger partial charge >= 0.3 is 0 Å². The molecule has 0 aliphatic rings. The van der Waals surface area contributed by atoms with Crippen molar-refractivity contribution in [2.45, 2.75) is 112 Å². The first-order valence-corrected chi connectivity index (χ1v) is 14.1. The van der Waals surface area contributed by atoms with Gasteiger partial charge in [-0.25, -0.2) is 4.39 Å². The lowest BCUT2D eigenvalue weighted by atomic mass is 9.91. The number of hydrogen-bond acceptors (Lipinski definition) is 2. The zero-order valence-electron chi connectivity index (χ0n) is 24.7. The molecule has 0 saturated carbocycles. The van der Waals surface area contributed by atoms with Crippen LogP contribution in [0, 0.1) is 11.7 Å². The number of nitrogens with zero attached hydrogens (tertiary/aromatic N) is 1. The van der Waals surface area contributed by atoms with Crippen LogP contribution in [0.15, 0.2) is 49.3 Å². The standard InChI is InChI=1S/C33H51FN2O/c1-11-12-19-35-26(7)21-29(37-33(8,9)10)20-25(6)13-18-31-32(27-14-16-28(34)17-15-27)30(23(2)3)22-36(31)24(4)5/h14-17,22,24-25,29,35H,2,7,11-13,18-21H2,1,3-6,8-10H3. The van der Waals surface area contributed by atoms with E-state index in [1.165, 1.54) is 17.7 Å². The normalized spacial score (nSPS) is 13.6. The molecule has 0 aliphatic carbocycles. The number of unbranched alkanes of at least 4 members (excludes halogenated alkanes) is 1. The van der Waals surface area contributed by atoms with E-state index in [0.29, 0.717) is 12.0 Å². The van der Waals surface area contributed by atoms with Crippen LogP contribution in [-0.2, 0) is 11.2 Å². The summed E-state index contributed by atoms with van der Waals surface area (Å²) in [6.07, 6.45) is 8.46. The molecule has 2 rings (SSSR count). The minimum atomic E-state index is -0.213. The molecule has 0 spiro atoms. The van der Waals surface area contributed by atoms with E-state index in [1.807, 2.05) is 12.1 Å². The second kappa shape index (κ2) is 14.0. The lowest BCUT2D eigenvalue weighted by Crippen LogP contribution is -2.31. The molecular weight excluding hydrogens is 459 g/mol. The molecule has 0 fully saturated rings. The van der Waals surface area contributed by atoms with Gasteiger partial charge < -0.3 is 14.6 Å². The molecule has 2 aromatic rings. The molecule has 1 heterocycles. The minimum Gasteiger partial charge on any atom is -0.389 e. The molecule has 0 radical (unpaired) electrons. The average Bonchev–Trinajstić information content (AvgIpc) is 3.17. The molecule has 0 saturated heterocycles. The second-order valence-electron chi connectivity index (χ2n) is 12.0. The van der Waals surface area contributed by atoms with Crippen molar-refractivity contribution >= 4 is 5.57 Å². The van der Waals surface area contributed by atoms with Gasteiger partial charge in [0.1, 0.15) is 5.82 Å². The van der Waals surface area contributed by atoms with Gasteiger partial charge in [-0.1, -0.05) is 45.6 Å². The van der Waals surface area contributed by atoms with Crippen LogP contribution in [-0.4, -0.2) is 22.8 Å². The third-order valence-electron chi connectivity index (χ3n) is 6.73. The van der Waals surface area contributed by atoms with Crippen LogP contribution in [0.5, 0.6) is 0 Å². The minimum absolute atomic E-state index is 0.121. The van der Waals surface area contributed by atoms with Crippen molar-refractivity contribution in [2.24, 2.45) is 5.92 Å². The summed E-state index contributed by atoms with van der Waals surface area (Å²) in [6, 6.07) is 7.20. The van der Waals surface area contributed by atoms with Crippen LogP contribution in [0.1, 0.15) is 105 Å². The predicted octanol–water partition coefficient (Wildman–Crippen LogP) is 9.34. The van der Waals surface area contributed by atoms with E-state index in [9.17, 15) is 4.39 Å². The van der Waals surface area contributed by atoms with Crippen molar-refractivity contribution in [3.05, 3.63) is 66.4 Å². The van der Waals surface area contributed by atoms with Crippen molar-refractivity contribution in [1.29, 1.82) is 0 Å². The maximum absolute atomic E-state index is 13.7. The number of nitrogens with one attached hydrogen (secondary N) is 1. The third kappa shape index (κ3) is 9.81. The predicted molar refractivity (Wildman–Crippen MR) is 158 cm³/mol. The topological polar surface area (TPSA) is 26.2 Å². The van der Waals surface area contributed by atoms with Crippen molar-refractivity contribution in [3.8, 4) is 11.1 Å². The molecule has 4 heteroatoms. The summed E-state index contributed by atoms with van der Waals surface area (Å²) in [5.41, 5.74) is 6.56. The summed E-state index contributed by atoms with van der Waals surface area (Å²) in [4.78, 5) is 0. The maximum atomic E-state index is 13.7. The van der Waals surface area contributed by atoms with Gasteiger partial charge in [-0.05, 0) is 96.4 Å². The highest BCUT2D eigenvalue weighted by Crippen LogP contribution is 2.37. The van der Waals surface area contributed by atoms with Crippen LogP contribution < -0.4 is 5.32 Å². The summed E-state index contributed by atoms with van der Waals surface area (Å²) in [5, 5.41) is 3.48. The Kier molecular flexibility index (Phi) is 11.7. The Morgan fingerprint density at radius 3 is 2.30 bits per heavy atom. The quantitative estimate of drug-likeness (QED) is 0.242. The molecule has 0 amide bonds. The molecule has 2 unspecified atom stereocenters. The van der Waals surface area contributed by atoms with Gasteiger partial charge in [0.2, 0.25) is 0 Å². The van der Waals surface area contributed by atoms with Gasteiger partial charge in [0.15, 0.2) is 0 Å². The fourth-order valence-electron chi connectivity index (χ4n) is 4.95. The van der Waals surface area contributed by atoms with E-state index in [-0.39, 0.29) is 17.5 Å². The first-order chi connectivity index (χ1) is 17.3. The number of allylic oxidation sites excluding steroid dienone is 1. The smallest absolute Gasteiger partial charge is 0.123 e.